The van der Waals surface area contributed by atoms with Crippen molar-refractivity contribution in [1.29, 1.82) is 0 Å². The number of carbonyl (C=O) groups is 2. The molecule has 0 aromatic heterocycles. The van der Waals surface area contributed by atoms with Gasteiger partial charge in [0.2, 0.25) is 0 Å². The van der Waals surface area contributed by atoms with Gasteiger partial charge in [-0.3, -0.25) is 9.59 Å². The molecule has 0 bridgehead atoms. The molecule has 1 atom stereocenters. The molecule has 3 aromatic carbocycles. The first-order valence-corrected chi connectivity index (χ1v) is 11.7. The number of amides is 1. The van der Waals surface area contributed by atoms with Crippen LogP contribution < -0.4 is 9.47 Å². The molecule has 6 nitrogen and oxygen atoms in total. The molecular weight excluding hydrogens is 506 g/mol. The molecule has 0 saturated heterocycles. The van der Waals surface area contributed by atoms with E-state index in [0.717, 1.165) is 17.0 Å². The highest BCUT2D eigenvalue weighted by Gasteiger charge is 2.38. The Morgan fingerprint density at radius 2 is 1.84 bits per heavy atom. The van der Waals surface area contributed by atoms with Crippen LogP contribution in [0.15, 0.2) is 60.7 Å². The van der Waals surface area contributed by atoms with Gasteiger partial charge in [-0.25, -0.2) is 4.39 Å². The van der Waals surface area contributed by atoms with E-state index >= 15 is 0 Å². The van der Waals surface area contributed by atoms with Crippen molar-refractivity contribution >= 4 is 11.9 Å². The molecule has 0 spiro atoms. The zero-order valence-corrected chi connectivity index (χ0v) is 20.6. The van der Waals surface area contributed by atoms with Crippen LogP contribution in [0.2, 0.25) is 0 Å². The van der Waals surface area contributed by atoms with Gasteiger partial charge in [0, 0.05) is 30.5 Å². The van der Waals surface area contributed by atoms with Crippen LogP contribution in [0.1, 0.15) is 39.5 Å². The largest absolute Gasteiger partial charge is 0.493 e. The monoisotopic (exact) mass is 531 g/mol. The van der Waals surface area contributed by atoms with Crippen LogP contribution in [0.4, 0.5) is 17.6 Å². The summed E-state index contributed by atoms with van der Waals surface area (Å²) in [5, 5.41) is 9.38. The SMILES string of the molecule is COc1cc(C(=O)N(CC(=O)O)Cc2cccc(C(F)(F)F)c2)cc2c1OC(C)(Cc1ccccc1F)C2. The number of methoxy groups -OCH3 is 1. The number of alkyl halides is 3. The summed E-state index contributed by atoms with van der Waals surface area (Å²) >= 11 is 0. The molecule has 0 radical (unpaired) electrons. The first-order valence-electron chi connectivity index (χ1n) is 11.7. The average molecular weight is 532 g/mol. The van der Waals surface area contributed by atoms with Crippen LogP contribution >= 0.6 is 0 Å². The summed E-state index contributed by atoms with van der Waals surface area (Å²) in [4.78, 5) is 25.9. The summed E-state index contributed by atoms with van der Waals surface area (Å²) in [6.07, 6.45) is -4.01. The normalized spacial score (nSPS) is 16.5. The average Bonchev–Trinajstić information content (AvgIpc) is 3.19. The Balaban J connectivity index is 1.63. The number of benzene rings is 3. The molecule has 1 aliphatic rings. The molecule has 38 heavy (non-hydrogen) atoms. The van der Waals surface area contributed by atoms with E-state index in [4.69, 9.17) is 9.47 Å². The summed E-state index contributed by atoms with van der Waals surface area (Å²) in [5.74, 6) is -1.76. The second-order valence-electron chi connectivity index (χ2n) is 9.42. The number of halogens is 4. The third-order valence-corrected chi connectivity index (χ3v) is 6.27. The third-order valence-electron chi connectivity index (χ3n) is 6.27. The van der Waals surface area contributed by atoms with Crippen molar-refractivity contribution in [3.8, 4) is 11.5 Å². The Labute approximate surface area is 216 Å². The number of fused-ring (bicyclic) bond motifs is 1. The Morgan fingerprint density at radius 3 is 2.50 bits per heavy atom. The fourth-order valence-electron chi connectivity index (χ4n) is 4.62. The van der Waals surface area contributed by atoms with Crippen molar-refractivity contribution in [2.75, 3.05) is 13.7 Å². The molecule has 200 valence electrons. The summed E-state index contributed by atoms with van der Waals surface area (Å²) in [6.45, 7) is 0.733. The molecule has 3 aromatic rings. The Hall–Kier alpha value is -4.08. The lowest BCUT2D eigenvalue weighted by Crippen LogP contribution is -2.35. The van der Waals surface area contributed by atoms with Crippen LogP contribution in [0.3, 0.4) is 0 Å². The lowest BCUT2D eigenvalue weighted by atomic mass is 9.91. The zero-order valence-electron chi connectivity index (χ0n) is 20.6. The highest BCUT2D eigenvalue weighted by Crippen LogP contribution is 2.44. The first-order chi connectivity index (χ1) is 17.9. The minimum atomic E-state index is -4.58. The number of aliphatic carboxylic acids is 1. The lowest BCUT2D eigenvalue weighted by molar-refractivity contribution is -0.139. The van der Waals surface area contributed by atoms with Gasteiger partial charge in [0.15, 0.2) is 11.5 Å². The van der Waals surface area contributed by atoms with Crippen LogP contribution in [-0.4, -0.2) is 41.1 Å². The van der Waals surface area contributed by atoms with Gasteiger partial charge in [-0.15, -0.1) is 0 Å². The summed E-state index contributed by atoms with van der Waals surface area (Å²) in [7, 11) is 1.39. The van der Waals surface area contributed by atoms with Gasteiger partial charge in [-0.1, -0.05) is 30.3 Å². The van der Waals surface area contributed by atoms with E-state index in [1.54, 1.807) is 24.3 Å². The predicted molar refractivity (Wildman–Crippen MR) is 130 cm³/mol. The topological polar surface area (TPSA) is 76.1 Å². The maximum atomic E-state index is 14.3. The molecule has 1 heterocycles. The van der Waals surface area contributed by atoms with Crippen molar-refractivity contribution in [3.05, 3.63) is 94.3 Å². The lowest BCUT2D eigenvalue weighted by Gasteiger charge is -2.24. The van der Waals surface area contributed by atoms with Gasteiger partial charge in [0.05, 0.1) is 12.7 Å². The van der Waals surface area contributed by atoms with Crippen molar-refractivity contribution in [3.63, 3.8) is 0 Å². The second-order valence-corrected chi connectivity index (χ2v) is 9.42. The number of carboxylic acids is 1. The van der Waals surface area contributed by atoms with E-state index in [1.807, 2.05) is 6.92 Å². The van der Waals surface area contributed by atoms with Gasteiger partial charge in [-0.05, 0) is 48.4 Å². The fraction of sp³-hybridized carbons (Fsp3) is 0.286. The van der Waals surface area contributed by atoms with E-state index < -0.39 is 35.8 Å². The van der Waals surface area contributed by atoms with Gasteiger partial charge < -0.3 is 19.5 Å². The molecule has 0 fully saturated rings. The van der Waals surface area contributed by atoms with Crippen molar-refractivity contribution < 1.29 is 41.7 Å². The molecule has 1 aliphatic heterocycles. The third kappa shape index (κ3) is 5.90. The molecule has 1 amide bonds. The van der Waals surface area contributed by atoms with Crippen molar-refractivity contribution in [2.24, 2.45) is 0 Å². The Bertz CT molecular complexity index is 1370. The molecule has 1 N–H and O–H groups in total. The highest BCUT2D eigenvalue weighted by molar-refractivity contribution is 5.97. The van der Waals surface area contributed by atoms with Crippen LogP contribution in [0.5, 0.6) is 11.5 Å². The number of hydrogen-bond donors (Lipinski definition) is 1. The molecule has 10 heteroatoms. The number of ether oxygens (including phenoxy) is 2. The van der Waals surface area contributed by atoms with Crippen molar-refractivity contribution in [1.82, 2.24) is 4.90 Å². The van der Waals surface area contributed by atoms with E-state index in [9.17, 15) is 32.3 Å². The zero-order chi connectivity index (χ0) is 27.7. The maximum Gasteiger partial charge on any atom is 0.416 e. The number of rotatable bonds is 8. The summed E-state index contributed by atoms with van der Waals surface area (Å²) < 4.78 is 65.3. The minimum Gasteiger partial charge on any atom is -0.493 e. The fourth-order valence-corrected chi connectivity index (χ4v) is 4.62. The van der Waals surface area contributed by atoms with Crippen LogP contribution in [0.25, 0.3) is 0 Å². The van der Waals surface area contributed by atoms with Gasteiger partial charge in [0.1, 0.15) is 18.0 Å². The molecular formula is C28H25F4NO5. The van der Waals surface area contributed by atoms with E-state index in [0.29, 0.717) is 23.3 Å². The Morgan fingerprint density at radius 1 is 1.11 bits per heavy atom. The number of hydrogen-bond acceptors (Lipinski definition) is 4. The number of carboxylic acid groups (broad SMARTS) is 1. The predicted octanol–water partition coefficient (Wildman–Crippen LogP) is 5.52. The quantitative estimate of drug-likeness (QED) is 0.388. The maximum absolute atomic E-state index is 14.3. The second kappa shape index (κ2) is 10.4. The van der Waals surface area contributed by atoms with Gasteiger partial charge >= 0.3 is 12.1 Å². The van der Waals surface area contributed by atoms with E-state index in [2.05, 4.69) is 0 Å². The number of nitrogens with zero attached hydrogens (tertiary/aromatic N) is 1. The summed E-state index contributed by atoms with van der Waals surface area (Å²) in [5.41, 5.74) is -0.440. The van der Waals surface area contributed by atoms with Gasteiger partial charge in [0.25, 0.3) is 5.91 Å². The molecule has 0 aliphatic carbocycles. The van der Waals surface area contributed by atoms with E-state index in [-0.39, 0.29) is 35.7 Å². The standard InChI is InChI=1S/C28H25F4NO5/c1-27(13-18-7-3-4-9-22(18)29)14-20-11-19(12-23(37-2)25(20)38-27)26(36)33(16-24(34)35)15-17-6-5-8-21(10-17)28(30,31)32/h3-12H,13-16H2,1-2H3,(H,34,35). The minimum absolute atomic E-state index is 0.0903. The highest BCUT2D eigenvalue weighted by atomic mass is 19.4. The molecule has 0 saturated carbocycles. The van der Waals surface area contributed by atoms with Crippen LogP contribution in [-0.2, 0) is 30.4 Å². The van der Waals surface area contributed by atoms with E-state index in [1.165, 1.54) is 31.4 Å². The molecule has 4 rings (SSSR count). The smallest absolute Gasteiger partial charge is 0.416 e. The van der Waals surface area contributed by atoms with Crippen molar-refractivity contribution in [2.45, 2.75) is 38.1 Å². The molecule has 1 unspecified atom stereocenters. The van der Waals surface area contributed by atoms with Gasteiger partial charge in [-0.2, -0.15) is 13.2 Å². The first kappa shape index (κ1) is 27.0. The number of carbonyl (C=O) groups excluding carboxylic acids is 1. The Kier molecular flexibility index (Phi) is 7.35. The summed E-state index contributed by atoms with van der Waals surface area (Å²) in [6, 6.07) is 13.7. The van der Waals surface area contributed by atoms with Crippen LogP contribution in [0, 0.1) is 5.82 Å².